The third-order valence-electron chi connectivity index (χ3n) is 2.45. The van der Waals surface area contributed by atoms with E-state index in [0.717, 1.165) is 12.2 Å². The number of hydrogen-bond donors (Lipinski definition) is 1. The molecular formula is C11H14BrNO3S. The zero-order valence-corrected chi connectivity index (χ0v) is 11.9. The van der Waals surface area contributed by atoms with Crippen LogP contribution in [0.15, 0.2) is 22.7 Å². The van der Waals surface area contributed by atoms with Crippen LogP contribution in [0.25, 0.3) is 0 Å². The van der Waals surface area contributed by atoms with E-state index in [9.17, 15) is 10.1 Å². The molecule has 94 valence electrons. The first-order valence-electron chi connectivity index (χ1n) is 5.26. The van der Waals surface area contributed by atoms with Crippen molar-refractivity contribution in [3.05, 3.63) is 32.8 Å². The Labute approximate surface area is 114 Å². The van der Waals surface area contributed by atoms with E-state index in [1.165, 1.54) is 6.07 Å². The molecule has 4 nitrogen and oxygen atoms in total. The van der Waals surface area contributed by atoms with Gasteiger partial charge in [-0.05, 0) is 34.2 Å². The third-order valence-corrected chi connectivity index (χ3v) is 3.76. The zero-order valence-electron chi connectivity index (χ0n) is 9.43. The van der Waals surface area contributed by atoms with Crippen molar-refractivity contribution in [2.75, 3.05) is 12.4 Å². The fourth-order valence-corrected chi connectivity index (χ4v) is 2.15. The number of thiol groups is 1. The van der Waals surface area contributed by atoms with E-state index in [0.29, 0.717) is 22.7 Å². The molecule has 1 rings (SSSR count). The highest BCUT2D eigenvalue weighted by molar-refractivity contribution is 9.10. The molecule has 0 N–H and O–H groups in total. The number of nitro groups is 1. The Kier molecular flexibility index (Phi) is 5.77. The first-order valence-corrected chi connectivity index (χ1v) is 6.69. The van der Waals surface area contributed by atoms with Crippen molar-refractivity contribution in [3.63, 3.8) is 0 Å². The molecule has 0 aliphatic rings. The molecule has 0 saturated heterocycles. The van der Waals surface area contributed by atoms with Crippen molar-refractivity contribution in [2.45, 2.75) is 13.3 Å². The smallest absolute Gasteiger partial charge is 0.287 e. The van der Waals surface area contributed by atoms with Gasteiger partial charge in [0.05, 0.1) is 11.5 Å². The van der Waals surface area contributed by atoms with Crippen LogP contribution in [0, 0.1) is 16.0 Å². The lowest BCUT2D eigenvalue weighted by Crippen LogP contribution is -2.13. The van der Waals surface area contributed by atoms with E-state index >= 15 is 0 Å². The summed E-state index contributed by atoms with van der Waals surface area (Å²) in [5, 5.41) is 10.7. The minimum absolute atomic E-state index is 0.0152. The second kappa shape index (κ2) is 6.86. The monoisotopic (exact) mass is 319 g/mol. The predicted molar refractivity (Wildman–Crippen MR) is 73.9 cm³/mol. The molecule has 0 aliphatic heterocycles. The Balaban J connectivity index is 2.78. The van der Waals surface area contributed by atoms with Gasteiger partial charge in [-0.15, -0.1) is 0 Å². The SMILES string of the molecule is CCC(CS)COc1cccc([N+](=O)[O-])c1Br. The number of nitro benzene ring substituents is 1. The molecule has 0 fully saturated rings. The minimum Gasteiger partial charge on any atom is -0.492 e. The maximum atomic E-state index is 10.7. The molecule has 1 aromatic carbocycles. The second-order valence-electron chi connectivity index (χ2n) is 3.61. The van der Waals surface area contributed by atoms with Gasteiger partial charge in [0.2, 0.25) is 0 Å². The Morgan fingerprint density at radius 3 is 2.82 bits per heavy atom. The largest absolute Gasteiger partial charge is 0.492 e. The van der Waals surface area contributed by atoms with Crippen LogP contribution in [0.4, 0.5) is 5.69 Å². The quantitative estimate of drug-likeness (QED) is 0.494. The van der Waals surface area contributed by atoms with Crippen LogP contribution < -0.4 is 4.74 Å². The summed E-state index contributed by atoms with van der Waals surface area (Å²) < 4.78 is 5.96. The number of hydrogen-bond acceptors (Lipinski definition) is 4. The summed E-state index contributed by atoms with van der Waals surface area (Å²) in [6.45, 7) is 2.58. The van der Waals surface area contributed by atoms with E-state index in [1.54, 1.807) is 12.1 Å². The molecule has 0 aromatic heterocycles. The van der Waals surface area contributed by atoms with Crippen molar-refractivity contribution in [1.29, 1.82) is 0 Å². The van der Waals surface area contributed by atoms with E-state index < -0.39 is 4.92 Å². The highest BCUT2D eigenvalue weighted by atomic mass is 79.9. The molecule has 1 unspecified atom stereocenters. The van der Waals surface area contributed by atoms with Crippen molar-refractivity contribution >= 4 is 34.2 Å². The standard InChI is InChI=1S/C11H14BrNO3S/c1-2-8(7-17)6-16-10-5-3-4-9(11(10)12)13(14)15/h3-5,8,17H,2,6-7H2,1H3. The lowest BCUT2D eigenvalue weighted by molar-refractivity contribution is -0.385. The van der Waals surface area contributed by atoms with Crippen LogP contribution in [0.2, 0.25) is 0 Å². The van der Waals surface area contributed by atoms with Gasteiger partial charge in [-0.1, -0.05) is 13.0 Å². The zero-order chi connectivity index (χ0) is 12.8. The average molecular weight is 320 g/mol. The van der Waals surface area contributed by atoms with Crippen LogP contribution in [-0.4, -0.2) is 17.3 Å². The van der Waals surface area contributed by atoms with Gasteiger partial charge in [0.1, 0.15) is 10.2 Å². The van der Waals surface area contributed by atoms with Crippen molar-refractivity contribution in [3.8, 4) is 5.75 Å². The van der Waals surface area contributed by atoms with Crippen LogP contribution in [0.1, 0.15) is 13.3 Å². The highest BCUT2D eigenvalue weighted by Gasteiger charge is 2.16. The average Bonchev–Trinajstić information content (AvgIpc) is 2.32. The van der Waals surface area contributed by atoms with E-state index in [2.05, 4.69) is 35.5 Å². The third kappa shape index (κ3) is 3.89. The second-order valence-corrected chi connectivity index (χ2v) is 4.77. The van der Waals surface area contributed by atoms with E-state index in [4.69, 9.17) is 4.74 Å². The molecule has 0 amide bonds. The van der Waals surface area contributed by atoms with Gasteiger partial charge in [-0.3, -0.25) is 10.1 Å². The molecule has 0 aliphatic carbocycles. The number of ether oxygens (including phenoxy) is 1. The van der Waals surface area contributed by atoms with Crippen LogP contribution in [-0.2, 0) is 0 Å². The van der Waals surface area contributed by atoms with Gasteiger partial charge >= 0.3 is 0 Å². The molecule has 1 atom stereocenters. The van der Waals surface area contributed by atoms with Crippen LogP contribution >= 0.6 is 28.6 Å². The Bertz CT molecular complexity index is 396. The number of benzene rings is 1. The Hall–Kier alpha value is -0.750. The maximum Gasteiger partial charge on any atom is 0.287 e. The van der Waals surface area contributed by atoms with E-state index in [-0.39, 0.29) is 5.69 Å². The van der Waals surface area contributed by atoms with Gasteiger partial charge < -0.3 is 4.74 Å². The summed E-state index contributed by atoms with van der Waals surface area (Å²) in [7, 11) is 0. The summed E-state index contributed by atoms with van der Waals surface area (Å²) in [5.74, 6) is 1.59. The fourth-order valence-electron chi connectivity index (χ4n) is 1.26. The molecule has 1 aromatic rings. The van der Waals surface area contributed by atoms with Crippen molar-refractivity contribution in [1.82, 2.24) is 0 Å². The minimum atomic E-state index is -0.438. The summed E-state index contributed by atoms with van der Waals surface area (Å²) in [6, 6.07) is 4.76. The van der Waals surface area contributed by atoms with E-state index in [1.807, 2.05) is 0 Å². The van der Waals surface area contributed by atoms with Crippen molar-refractivity contribution in [2.24, 2.45) is 5.92 Å². The lowest BCUT2D eigenvalue weighted by Gasteiger charge is -2.14. The molecule has 17 heavy (non-hydrogen) atoms. The molecule has 0 saturated carbocycles. The van der Waals surface area contributed by atoms with Crippen LogP contribution in [0.5, 0.6) is 5.75 Å². The number of rotatable bonds is 6. The first-order chi connectivity index (χ1) is 8.10. The lowest BCUT2D eigenvalue weighted by atomic mass is 10.1. The number of nitrogens with zero attached hydrogens (tertiary/aromatic N) is 1. The molecule has 0 radical (unpaired) electrons. The summed E-state index contributed by atoms with van der Waals surface area (Å²) in [6.07, 6.45) is 0.968. The molecule has 0 bridgehead atoms. The van der Waals surface area contributed by atoms with Gasteiger partial charge in [-0.25, -0.2) is 0 Å². The van der Waals surface area contributed by atoms with Gasteiger partial charge in [0.15, 0.2) is 0 Å². The van der Waals surface area contributed by atoms with Crippen LogP contribution in [0.3, 0.4) is 0 Å². The van der Waals surface area contributed by atoms with Crippen molar-refractivity contribution < 1.29 is 9.66 Å². The van der Waals surface area contributed by atoms with Gasteiger partial charge in [0.25, 0.3) is 5.69 Å². The normalized spacial score (nSPS) is 12.2. The molecule has 6 heteroatoms. The highest BCUT2D eigenvalue weighted by Crippen LogP contribution is 2.34. The van der Waals surface area contributed by atoms with Gasteiger partial charge in [0, 0.05) is 12.0 Å². The molecule has 0 spiro atoms. The molecule has 0 heterocycles. The Morgan fingerprint density at radius 2 is 2.29 bits per heavy atom. The predicted octanol–water partition coefficient (Wildman–Crippen LogP) is 3.69. The molecular weight excluding hydrogens is 306 g/mol. The summed E-state index contributed by atoms with van der Waals surface area (Å²) >= 11 is 7.41. The summed E-state index contributed by atoms with van der Waals surface area (Å²) in [5.41, 5.74) is 0.0152. The maximum absolute atomic E-state index is 10.7. The number of halogens is 1. The topological polar surface area (TPSA) is 52.4 Å². The fraction of sp³-hybridized carbons (Fsp3) is 0.455. The summed E-state index contributed by atoms with van der Waals surface area (Å²) in [4.78, 5) is 10.3. The Morgan fingerprint density at radius 1 is 1.59 bits per heavy atom. The first kappa shape index (κ1) is 14.3. The van der Waals surface area contributed by atoms with Gasteiger partial charge in [-0.2, -0.15) is 12.6 Å².